The van der Waals surface area contributed by atoms with Crippen molar-refractivity contribution >= 4 is 17.5 Å². The highest BCUT2D eigenvalue weighted by Crippen LogP contribution is 2.10. The van der Waals surface area contributed by atoms with E-state index in [1.807, 2.05) is 0 Å². The summed E-state index contributed by atoms with van der Waals surface area (Å²) in [4.78, 5) is 13.6. The maximum absolute atomic E-state index is 11.2. The number of piperidine rings is 1. The van der Waals surface area contributed by atoms with E-state index in [0.717, 1.165) is 32.5 Å². The van der Waals surface area contributed by atoms with Gasteiger partial charge in [-0.3, -0.25) is 4.79 Å². The van der Waals surface area contributed by atoms with Gasteiger partial charge in [-0.1, -0.05) is 25.1 Å². The van der Waals surface area contributed by atoms with Gasteiger partial charge in [0.1, 0.15) is 0 Å². The average Bonchev–Trinajstić information content (AvgIpc) is 2.18. The molecular weight excluding hydrogens is 200 g/mol. The van der Waals surface area contributed by atoms with Crippen molar-refractivity contribution < 1.29 is 4.79 Å². The van der Waals surface area contributed by atoms with Crippen molar-refractivity contribution in [3.8, 4) is 0 Å². The average molecular weight is 217 g/mol. The van der Waals surface area contributed by atoms with Gasteiger partial charge in [0, 0.05) is 12.6 Å². The minimum absolute atomic E-state index is 0.0682. The Morgan fingerprint density at radius 3 is 3.00 bits per heavy atom. The molecule has 1 heterocycles. The van der Waals surface area contributed by atoms with Crippen LogP contribution in [0.25, 0.3) is 0 Å². The molecule has 0 bridgehead atoms. The third-order valence-corrected chi connectivity index (χ3v) is 2.71. The van der Waals surface area contributed by atoms with Gasteiger partial charge in [-0.25, -0.2) is 0 Å². The predicted octanol–water partition coefficient (Wildman–Crippen LogP) is 1.34. The summed E-state index contributed by atoms with van der Waals surface area (Å²) in [6, 6.07) is 0.228. The first-order valence-corrected chi connectivity index (χ1v) is 5.39. The molecule has 1 aliphatic heterocycles. The predicted molar refractivity (Wildman–Crippen MR) is 58.3 cm³/mol. The second kappa shape index (κ2) is 5.37. The Morgan fingerprint density at radius 2 is 2.43 bits per heavy atom. The lowest BCUT2D eigenvalue weighted by Gasteiger charge is -2.32. The minimum Gasteiger partial charge on any atom is -0.347 e. The van der Waals surface area contributed by atoms with Crippen LogP contribution in [-0.2, 0) is 4.79 Å². The van der Waals surface area contributed by atoms with Crippen molar-refractivity contribution in [2.45, 2.75) is 25.8 Å². The largest absolute Gasteiger partial charge is 0.347 e. The van der Waals surface area contributed by atoms with Crippen LogP contribution in [0.2, 0.25) is 0 Å². The number of hydrogen-bond acceptors (Lipinski definition) is 2. The van der Waals surface area contributed by atoms with Crippen molar-refractivity contribution in [3.63, 3.8) is 0 Å². The van der Waals surface area contributed by atoms with Crippen LogP contribution in [0.5, 0.6) is 0 Å². The number of halogens is 1. The minimum atomic E-state index is -0.241. The van der Waals surface area contributed by atoms with Crippen LogP contribution in [0, 0.1) is 0 Å². The molecule has 0 spiro atoms. The van der Waals surface area contributed by atoms with Crippen LogP contribution in [-0.4, -0.2) is 36.5 Å². The van der Waals surface area contributed by atoms with Crippen molar-refractivity contribution in [1.29, 1.82) is 0 Å². The summed E-state index contributed by atoms with van der Waals surface area (Å²) in [6.07, 6.45) is 2.17. The second-order valence-corrected chi connectivity index (χ2v) is 4.07. The maximum atomic E-state index is 11.2. The van der Waals surface area contributed by atoms with Gasteiger partial charge >= 0.3 is 0 Å². The summed E-state index contributed by atoms with van der Waals surface area (Å²) < 4.78 is 0. The number of carbonyl (C=O) groups excluding carboxylic acids is 1. The molecule has 1 fully saturated rings. The highest BCUT2D eigenvalue weighted by molar-refractivity contribution is 6.41. The number of nitrogens with zero attached hydrogens (tertiary/aromatic N) is 1. The van der Waals surface area contributed by atoms with Crippen LogP contribution < -0.4 is 5.32 Å². The summed E-state index contributed by atoms with van der Waals surface area (Å²) in [5.74, 6) is -0.241. The summed E-state index contributed by atoms with van der Waals surface area (Å²) in [5, 5.41) is 2.94. The maximum Gasteiger partial charge on any atom is 0.262 e. The van der Waals surface area contributed by atoms with E-state index in [-0.39, 0.29) is 17.0 Å². The van der Waals surface area contributed by atoms with Gasteiger partial charge in [0.25, 0.3) is 5.91 Å². The zero-order valence-corrected chi connectivity index (χ0v) is 9.31. The van der Waals surface area contributed by atoms with Crippen LogP contribution in [0.4, 0.5) is 0 Å². The zero-order valence-electron chi connectivity index (χ0n) is 8.55. The van der Waals surface area contributed by atoms with Crippen LogP contribution in [0.1, 0.15) is 19.8 Å². The van der Waals surface area contributed by atoms with Gasteiger partial charge < -0.3 is 10.2 Å². The van der Waals surface area contributed by atoms with E-state index in [2.05, 4.69) is 23.7 Å². The van der Waals surface area contributed by atoms with Gasteiger partial charge in [-0.05, 0) is 25.9 Å². The van der Waals surface area contributed by atoms with Crippen LogP contribution in [0.3, 0.4) is 0 Å². The lowest BCUT2D eigenvalue weighted by atomic mass is 10.1. The molecule has 1 amide bonds. The van der Waals surface area contributed by atoms with Gasteiger partial charge in [0.2, 0.25) is 0 Å². The lowest BCUT2D eigenvalue weighted by molar-refractivity contribution is -0.117. The molecule has 0 aromatic heterocycles. The first-order chi connectivity index (χ1) is 6.63. The van der Waals surface area contributed by atoms with E-state index < -0.39 is 0 Å². The number of amides is 1. The zero-order chi connectivity index (χ0) is 10.6. The molecule has 1 N–H and O–H groups in total. The highest BCUT2D eigenvalue weighted by Gasteiger charge is 2.20. The first-order valence-electron chi connectivity index (χ1n) is 5.01. The molecule has 0 radical (unpaired) electrons. The summed E-state index contributed by atoms with van der Waals surface area (Å²) in [7, 11) is 0. The third kappa shape index (κ3) is 3.31. The Morgan fingerprint density at radius 1 is 1.71 bits per heavy atom. The Kier molecular flexibility index (Phi) is 4.42. The Hall–Kier alpha value is -0.540. The quantitative estimate of drug-likeness (QED) is 0.723. The van der Waals surface area contributed by atoms with Gasteiger partial charge in [0.15, 0.2) is 0 Å². The third-order valence-electron chi connectivity index (χ3n) is 2.53. The van der Waals surface area contributed by atoms with Crippen molar-refractivity contribution in [1.82, 2.24) is 10.2 Å². The summed E-state index contributed by atoms with van der Waals surface area (Å²) >= 11 is 5.50. The van der Waals surface area contributed by atoms with Crippen LogP contribution >= 0.6 is 11.6 Å². The van der Waals surface area contributed by atoms with E-state index >= 15 is 0 Å². The molecule has 80 valence electrons. The SMILES string of the molecule is C=C(Cl)C(=O)NC1CCCN(CC)C1. The van der Waals surface area contributed by atoms with Gasteiger partial charge in [-0.2, -0.15) is 0 Å². The fourth-order valence-electron chi connectivity index (χ4n) is 1.72. The van der Waals surface area contributed by atoms with E-state index in [9.17, 15) is 4.79 Å². The number of hydrogen-bond donors (Lipinski definition) is 1. The lowest BCUT2D eigenvalue weighted by Crippen LogP contribution is -2.47. The Labute approximate surface area is 90.1 Å². The van der Waals surface area contributed by atoms with Crippen LogP contribution in [0.15, 0.2) is 11.6 Å². The molecule has 0 saturated carbocycles. The standard InChI is InChI=1S/C10H17ClN2O/c1-3-13-6-4-5-9(7-13)12-10(14)8(2)11/h9H,2-7H2,1H3,(H,12,14). The number of likely N-dealkylation sites (tertiary alicyclic amines) is 1. The Bertz CT molecular complexity index is 230. The number of likely N-dealkylation sites (N-methyl/N-ethyl adjacent to an activating group) is 1. The molecule has 0 aromatic rings. The molecule has 3 nitrogen and oxygen atoms in total. The topological polar surface area (TPSA) is 32.3 Å². The van der Waals surface area contributed by atoms with E-state index in [1.165, 1.54) is 0 Å². The molecule has 1 aliphatic rings. The van der Waals surface area contributed by atoms with E-state index in [4.69, 9.17) is 11.6 Å². The summed E-state index contributed by atoms with van der Waals surface area (Å²) in [5.41, 5.74) is 0. The number of carbonyl (C=O) groups is 1. The molecule has 0 aliphatic carbocycles. The van der Waals surface area contributed by atoms with Gasteiger partial charge in [0.05, 0.1) is 5.03 Å². The van der Waals surface area contributed by atoms with Crippen molar-refractivity contribution in [3.05, 3.63) is 11.6 Å². The highest BCUT2D eigenvalue weighted by atomic mass is 35.5. The van der Waals surface area contributed by atoms with Crippen molar-refractivity contribution in [2.75, 3.05) is 19.6 Å². The molecule has 0 aromatic carbocycles. The molecule has 1 unspecified atom stereocenters. The summed E-state index contributed by atoms with van der Waals surface area (Å²) in [6.45, 7) is 8.62. The van der Waals surface area contributed by atoms with E-state index in [0.29, 0.717) is 0 Å². The molecule has 1 atom stereocenters. The first kappa shape index (κ1) is 11.5. The number of rotatable bonds is 3. The molecule has 14 heavy (non-hydrogen) atoms. The normalized spacial score (nSPS) is 23.1. The molecule has 4 heteroatoms. The number of nitrogens with one attached hydrogen (secondary N) is 1. The Balaban J connectivity index is 2.37. The monoisotopic (exact) mass is 216 g/mol. The van der Waals surface area contributed by atoms with Gasteiger partial charge in [-0.15, -0.1) is 0 Å². The fourth-order valence-corrected chi connectivity index (χ4v) is 1.78. The smallest absolute Gasteiger partial charge is 0.262 e. The fraction of sp³-hybridized carbons (Fsp3) is 0.700. The van der Waals surface area contributed by atoms with Crippen molar-refractivity contribution in [2.24, 2.45) is 0 Å². The second-order valence-electron chi connectivity index (χ2n) is 3.61. The molecule has 1 saturated heterocycles. The van der Waals surface area contributed by atoms with E-state index in [1.54, 1.807) is 0 Å². The molecule has 1 rings (SSSR count). The molecular formula is C10H17ClN2O.